The number of guanidine groups is 1. The first kappa shape index (κ1) is 13.1. The van der Waals surface area contributed by atoms with Crippen molar-refractivity contribution in [3.8, 4) is 0 Å². The first-order valence-corrected chi connectivity index (χ1v) is 6.44. The summed E-state index contributed by atoms with van der Waals surface area (Å²) in [6, 6.07) is 0. The van der Waals surface area contributed by atoms with Crippen LogP contribution in [-0.4, -0.2) is 74.7 Å². The monoisotopic (exact) mass is 254 g/mol. The Labute approximate surface area is 108 Å². The summed E-state index contributed by atoms with van der Waals surface area (Å²) in [5.74, 6) is 0.994. The fourth-order valence-electron chi connectivity index (χ4n) is 2.25. The van der Waals surface area contributed by atoms with E-state index in [0.29, 0.717) is 0 Å². The molecule has 6 heteroatoms. The minimum absolute atomic E-state index is 0.0628. The number of rotatable bonds is 3. The summed E-state index contributed by atoms with van der Waals surface area (Å²) in [6.45, 7) is 2.54. The number of ether oxygens (including phenoxy) is 1. The Morgan fingerprint density at radius 1 is 1.56 bits per heavy atom. The van der Waals surface area contributed by atoms with Crippen molar-refractivity contribution in [1.29, 1.82) is 0 Å². The van der Waals surface area contributed by atoms with Gasteiger partial charge in [0.25, 0.3) is 5.91 Å². The lowest BCUT2D eigenvalue weighted by Gasteiger charge is -2.19. The van der Waals surface area contributed by atoms with Gasteiger partial charge < -0.3 is 19.9 Å². The Balaban J connectivity index is 1.74. The van der Waals surface area contributed by atoms with E-state index in [9.17, 15) is 4.79 Å². The highest BCUT2D eigenvalue weighted by molar-refractivity contribution is 5.81. The van der Waals surface area contributed by atoms with E-state index in [2.05, 4.69) is 15.2 Å². The van der Waals surface area contributed by atoms with E-state index in [4.69, 9.17) is 4.74 Å². The Kier molecular flexibility index (Phi) is 4.06. The quantitative estimate of drug-likeness (QED) is 0.738. The van der Waals surface area contributed by atoms with Gasteiger partial charge in [-0.15, -0.1) is 0 Å². The lowest BCUT2D eigenvalue weighted by atomic mass is 10.2. The molecule has 0 bridgehead atoms. The largest absolute Gasteiger partial charge is 0.363 e. The normalized spacial score (nSPS) is 27.3. The average Bonchev–Trinajstić information content (AvgIpc) is 2.94. The fourth-order valence-corrected chi connectivity index (χ4v) is 2.25. The molecule has 2 aliphatic heterocycles. The summed E-state index contributed by atoms with van der Waals surface area (Å²) in [4.78, 5) is 19.8. The zero-order valence-electron chi connectivity index (χ0n) is 11.3. The summed E-state index contributed by atoms with van der Waals surface area (Å²) in [7, 11) is 5.55. The molecule has 0 aromatic rings. The van der Waals surface area contributed by atoms with E-state index in [1.807, 2.05) is 7.05 Å². The van der Waals surface area contributed by atoms with Crippen molar-refractivity contribution in [3.63, 3.8) is 0 Å². The molecular formula is C12H22N4O2. The lowest BCUT2D eigenvalue weighted by Crippen LogP contribution is -2.40. The zero-order valence-corrected chi connectivity index (χ0v) is 11.3. The van der Waals surface area contributed by atoms with Crippen LogP contribution >= 0.6 is 0 Å². The Hall–Kier alpha value is -1.30. The number of likely N-dealkylation sites (N-methyl/N-ethyl adjacent to an activating group) is 2. The van der Waals surface area contributed by atoms with Crippen LogP contribution < -0.4 is 5.32 Å². The predicted octanol–water partition coefficient (Wildman–Crippen LogP) is -0.487. The molecule has 0 aromatic heterocycles. The van der Waals surface area contributed by atoms with Gasteiger partial charge in [0, 0.05) is 34.2 Å². The second kappa shape index (κ2) is 5.56. The highest BCUT2D eigenvalue weighted by Gasteiger charge is 2.31. The maximum atomic E-state index is 11.8. The van der Waals surface area contributed by atoms with Crippen molar-refractivity contribution < 1.29 is 9.53 Å². The zero-order chi connectivity index (χ0) is 13.1. The van der Waals surface area contributed by atoms with Crippen molar-refractivity contribution in [3.05, 3.63) is 0 Å². The van der Waals surface area contributed by atoms with E-state index in [1.54, 1.807) is 19.0 Å². The van der Waals surface area contributed by atoms with E-state index >= 15 is 0 Å². The van der Waals surface area contributed by atoms with Gasteiger partial charge in [-0.3, -0.25) is 9.79 Å². The van der Waals surface area contributed by atoms with Crippen LogP contribution in [0.2, 0.25) is 0 Å². The summed E-state index contributed by atoms with van der Waals surface area (Å²) in [5, 5.41) is 3.29. The maximum absolute atomic E-state index is 11.8. The average molecular weight is 254 g/mol. The summed E-state index contributed by atoms with van der Waals surface area (Å²) in [6.07, 6.45) is 1.57. The SMILES string of the molecule is CN(C)C(=O)C1CCC(CNC2=NCCN2C)O1. The third-order valence-electron chi connectivity index (χ3n) is 3.37. The first-order chi connectivity index (χ1) is 8.58. The van der Waals surface area contributed by atoms with E-state index in [-0.39, 0.29) is 18.1 Å². The van der Waals surface area contributed by atoms with Crippen LogP contribution in [-0.2, 0) is 9.53 Å². The Morgan fingerprint density at radius 2 is 2.33 bits per heavy atom. The summed E-state index contributed by atoms with van der Waals surface area (Å²) < 4.78 is 5.75. The van der Waals surface area contributed by atoms with Crippen molar-refractivity contribution in [2.75, 3.05) is 40.8 Å². The minimum atomic E-state index is -0.268. The Morgan fingerprint density at radius 3 is 2.94 bits per heavy atom. The number of nitrogens with one attached hydrogen (secondary N) is 1. The molecule has 0 aromatic carbocycles. The lowest BCUT2D eigenvalue weighted by molar-refractivity contribution is -0.140. The van der Waals surface area contributed by atoms with Gasteiger partial charge in [0.05, 0.1) is 12.6 Å². The number of hydrogen-bond donors (Lipinski definition) is 1. The van der Waals surface area contributed by atoms with E-state index in [1.165, 1.54) is 0 Å². The van der Waals surface area contributed by atoms with Crippen molar-refractivity contribution >= 4 is 11.9 Å². The third-order valence-corrected chi connectivity index (χ3v) is 3.37. The van der Waals surface area contributed by atoms with Crippen molar-refractivity contribution in [1.82, 2.24) is 15.1 Å². The summed E-state index contributed by atoms with van der Waals surface area (Å²) in [5.41, 5.74) is 0. The van der Waals surface area contributed by atoms with Crippen LogP contribution in [0.4, 0.5) is 0 Å². The van der Waals surface area contributed by atoms with Gasteiger partial charge >= 0.3 is 0 Å². The molecule has 2 aliphatic rings. The molecule has 18 heavy (non-hydrogen) atoms. The molecule has 0 aliphatic carbocycles. The number of amides is 1. The number of hydrogen-bond acceptors (Lipinski definition) is 5. The number of carbonyl (C=O) groups is 1. The van der Waals surface area contributed by atoms with Crippen LogP contribution in [0.15, 0.2) is 4.99 Å². The number of nitrogens with zero attached hydrogens (tertiary/aromatic N) is 3. The molecule has 0 spiro atoms. The number of aliphatic imine (C=N–C) groups is 1. The minimum Gasteiger partial charge on any atom is -0.363 e. The molecule has 1 saturated heterocycles. The van der Waals surface area contributed by atoms with Gasteiger partial charge in [-0.1, -0.05) is 0 Å². The molecule has 102 valence electrons. The van der Waals surface area contributed by atoms with Gasteiger partial charge in [-0.05, 0) is 12.8 Å². The van der Waals surface area contributed by atoms with Gasteiger partial charge in [-0.2, -0.15) is 0 Å². The van der Waals surface area contributed by atoms with E-state index < -0.39 is 0 Å². The molecule has 2 heterocycles. The van der Waals surface area contributed by atoms with Crippen LogP contribution in [0.3, 0.4) is 0 Å². The summed E-state index contributed by atoms with van der Waals surface area (Å²) >= 11 is 0. The molecule has 0 saturated carbocycles. The smallest absolute Gasteiger partial charge is 0.251 e. The predicted molar refractivity (Wildman–Crippen MR) is 69.5 cm³/mol. The Bertz CT molecular complexity index is 343. The maximum Gasteiger partial charge on any atom is 0.251 e. The first-order valence-electron chi connectivity index (χ1n) is 6.44. The van der Waals surface area contributed by atoms with Crippen LogP contribution in [0, 0.1) is 0 Å². The fraction of sp³-hybridized carbons (Fsp3) is 0.833. The molecule has 1 fully saturated rings. The highest BCUT2D eigenvalue weighted by Crippen LogP contribution is 2.20. The highest BCUT2D eigenvalue weighted by atomic mass is 16.5. The molecule has 2 unspecified atom stereocenters. The molecule has 2 atom stereocenters. The van der Waals surface area contributed by atoms with Crippen molar-refractivity contribution in [2.24, 2.45) is 4.99 Å². The van der Waals surface area contributed by atoms with Crippen LogP contribution in [0.5, 0.6) is 0 Å². The molecule has 1 amide bonds. The van der Waals surface area contributed by atoms with Crippen LogP contribution in [0.25, 0.3) is 0 Å². The van der Waals surface area contributed by atoms with Crippen molar-refractivity contribution in [2.45, 2.75) is 25.0 Å². The third kappa shape index (κ3) is 2.93. The molecule has 1 N–H and O–H groups in total. The van der Waals surface area contributed by atoms with Gasteiger partial charge in [0.15, 0.2) is 5.96 Å². The van der Waals surface area contributed by atoms with Crippen LogP contribution in [0.1, 0.15) is 12.8 Å². The second-order valence-corrected chi connectivity index (χ2v) is 5.06. The topological polar surface area (TPSA) is 57.2 Å². The molecular weight excluding hydrogens is 232 g/mol. The van der Waals surface area contributed by atoms with Gasteiger partial charge in [-0.25, -0.2) is 0 Å². The molecule has 6 nitrogen and oxygen atoms in total. The standard InChI is InChI=1S/C12H22N4O2/c1-15(2)11(17)10-5-4-9(18-10)8-14-12-13-6-7-16(12)3/h9-10H,4-8H2,1-3H3,(H,13,14). The van der Waals surface area contributed by atoms with E-state index in [0.717, 1.165) is 38.4 Å². The molecule has 2 rings (SSSR count). The second-order valence-electron chi connectivity index (χ2n) is 5.06. The van der Waals surface area contributed by atoms with Gasteiger partial charge in [0.2, 0.25) is 0 Å². The van der Waals surface area contributed by atoms with Gasteiger partial charge in [0.1, 0.15) is 6.10 Å². The number of carbonyl (C=O) groups excluding carboxylic acids is 1. The molecule has 0 radical (unpaired) electrons.